The fourth-order valence-electron chi connectivity index (χ4n) is 1.70. The molecule has 1 N–H and O–H groups in total. The van der Waals surface area contributed by atoms with Crippen molar-refractivity contribution in [2.75, 3.05) is 18.5 Å². The molecule has 110 valence electrons. The predicted octanol–water partition coefficient (Wildman–Crippen LogP) is 3.88. The minimum atomic E-state index is -0.825. The molecule has 0 aliphatic rings. The second-order valence-electron chi connectivity index (χ2n) is 4.13. The maximum Gasteiger partial charge on any atom is 0.295 e. The van der Waals surface area contributed by atoms with Gasteiger partial charge in [-0.05, 0) is 18.2 Å². The van der Waals surface area contributed by atoms with Gasteiger partial charge >= 0.3 is 0 Å². The van der Waals surface area contributed by atoms with Crippen molar-refractivity contribution in [1.82, 2.24) is 0 Å². The third-order valence-corrected chi connectivity index (χ3v) is 2.95. The van der Waals surface area contributed by atoms with Gasteiger partial charge in [-0.2, -0.15) is 0 Å². The van der Waals surface area contributed by atoms with Crippen molar-refractivity contribution in [2.24, 2.45) is 0 Å². The average molecular weight is 311 g/mol. The van der Waals surface area contributed by atoms with Gasteiger partial charge in [-0.1, -0.05) is 29.8 Å². The molecular weight excluding hydrogens is 299 g/mol. The molecule has 0 atom stereocenters. The number of nitro benzene ring substituents is 1. The summed E-state index contributed by atoms with van der Waals surface area (Å²) in [5, 5.41) is 13.5. The van der Waals surface area contributed by atoms with Gasteiger partial charge in [0.1, 0.15) is 23.9 Å². The number of para-hydroxylation sites is 1. The predicted molar refractivity (Wildman–Crippen MR) is 78.5 cm³/mol. The summed E-state index contributed by atoms with van der Waals surface area (Å²) >= 11 is 5.63. The third kappa shape index (κ3) is 4.06. The van der Waals surface area contributed by atoms with Gasteiger partial charge in [0.25, 0.3) is 5.69 Å². The second kappa shape index (κ2) is 6.90. The van der Waals surface area contributed by atoms with Gasteiger partial charge in [0, 0.05) is 6.54 Å². The van der Waals surface area contributed by atoms with Crippen molar-refractivity contribution in [2.45, 2.75) is 0 Å². The fraction of sp³-hybridized carbons (Fsp3) is 0.143. The minimum Gasteiger partial charge on any atom is -0.492 e. The van der Waals surface area contributed by atoms with Gasteiger partial charge in [0.05, 0.1) is 16.0 Å². The number of hydrogen-bond acceptors (Lipinski definition) is 4. The smallest absolute Gasteiger partial charge is 0.295 e. The lowest BCUT2D eigenvalue weighted by Gasteiger charge is -2.09. The summed E-state index contributed by atoms with van der Waals surface area (Å²) in [5.41, 5.74) is -0.209. The highest BCUT2D eigenvalue weighted by Gasteiger charge is 2.17. The molecule has 0 saturated carbocycles. The van der Waals surface area contributed by atoms with E-state index < -0.39 is 10.7 Å². The third-order valence-electron chi connectivity index (χ3n) is 2.66. The first-order valence-electron chi connectivity index (χ1n) is 6.13. The van der Waals surface area contributed by atoms with Gasteiger partial charge in [0.15, 0.2) is 0 Å². The van der Waals surface area contributed by atoms with Crippen LogP contribution < -0.4 is 10.1 Å². The highest BCUT2D eigenvalue weighted by Crippen LogP contribution is 2.30. The van der Waals surface area contributed by atoms with E-state index in [-0.39, 0.29) is 16.4 Å². The highest BCUT2D eigenvalue weighted by atomic mass is 35.5. The van der Waals surface area contributed by atoms with Crippen molar-refractivity contribution < 1.29 is 14.1 Å². The first-order valence-corrected chi connectivity index (χ1v) is 6.51. The second-order valence-corrected chi connectivity index (χ2v) is 4.54. The van der Waals surface area contributed by atoms with Crippen molar-refractivity contribution in [1.29, 1.82) is 0 Å². The zero-order valence-electron chi connectivity index (χ0n) is 10.9. The fourth-order valence-corrected chi connectivity index (χ4v) is 1.86. The Balaban J connectivity index is 1.96. The van der Waals surface area contributed by atoms with E-state index in [4.69, 9.17) is 16.3 Å². The molecule has 0 spiro atoms. The summed E-state index contributed by atoms with van der Waals surface area (Å²) in [6.45, 7) is 0.619. The molecule has 0 saturated heterocycles. The Morgan fingerprint density at radius 3 is 2.67 bits per heavy atom. The van der Waals surface area contributed by atoms with E-state index in [0.717, 1.165) is 6.07 Å². The van der Waals surface area contributed by atoms with Crippen LogP contribution in [0.5, 0.6) is 5.75 Å². The number of nitro groups is 1. The van der Waals surface area contributed by atoms with Crippen molar-refractivity contribution in [3.05, 3.63) is 63.4 Å². The van der Waals surface area contributed by atoms with Crippen LogP contribution in [-0.4, -0.2) is 18.1 Å². The first kappa shape index (κ1) is 15.1. The number of hydrogen-bond donors (Lipinski definition) is 1. The van der Waals surface area contributed by atoms with Crippen molar-refractivity contribution in [3.63, 3.8) is 0 Å². The number of benzene rings is 2. The van der Waals surface area contributed by atoms with Gasteiger partial charge in [-0.25, -0.2) is 4.39 Å². The van der Waals surface area contributed by atoms with Crippen LogP contribution in [0.3, 0.4) is 0 Å². The summed E-state index contributed by atoms with van der Waals surface area (Å²) in [6, 6.07) is 11.1. The lowest BCUT2D eigenvalue weighted by atomic mass is 10.2. The normalized spacial score (nSPS) is 10.2. The molecular formula is C14H12ClFN2O3. The average Bonchev–Trinajstić information content (AvgIpc) is 2.47. The molecule has 5 nitrogen and oxygen atoms in total. The Labute approximate surface area is 125 Å². The molecule has 21 heavy (non-hydrogen) atoms. The number of nitrogens with one attached hydrogen (secondary N) is 1. The number of halogens is 2. The van der Waals surface area contributed by atoms with E-state index in [9.17, 15) is 14.5 Å². The quantitative estimate of drug-likeness (QED) is 0.499. The van der Waals surface area contributed by atoms with Gasteiger partial charge in [-0.15, -0.1) is 0 Å². The summed E-state index contributed by atoms with van der Waals surface area (Å²) in [4.78, 5) is 10.2. The van der Waals surface area contributed by atoms with Crippen LogP contribution >= 0.6 is 11.6 Å². The lowest BCUT2D eigenvalue weighted by Crippen LogP contribution is -2.12. The first-order chi connectivity index (χ1) is 10.1. The Bertz CT molecular complexity index is 638. The zero-order valence-corrected chi connectivity index (χ0v) is 11.6. The molecule has 2 aromatic carbocycles. The summed E-state index contributed by atoms with van der Waals surface area (Å²) in [7, 11) is 0. The van der Waals surface area contributed by atoms with Crippen LogP contribution in [0.25, 0.3) is 0 Å². The standard InChI is InChI=1S/C14H12ClFN2O3/c15-11-8-13(14(18(19)20)9-12(11)16)17-6-7-21-10-4-2-1-3-5-10/h1-5,8-9,17H,6-7H2. The van der Waals surface area contributed by atoms with Crippen molar-refractivity contribution >= 4 is 23.0 Å². The maximum atomic E-state index is 13.2. The van der Waals surface area contributed by atoms with Gasteiger partial charge in [0.2, 0.25) is 0 Å². The SMILES string of the molecule is O=[N+]([O-])c1cc(F)c(Cl)cc1NCCOc1ccccc1. The Kier molecular flexibility index (Phi) is 4.94. The zero-order chi connectivity index (χ0) is 15.2. The monoisotopic (exact) mass is 310 g/mol. The number of anilines is 1. The van der Waals surface area contributed by atoms with Crippen LogP contribution in [0, 0.1) is 15.9 Å². The molecule has 7 heteroatoms. The molecule has 0 unspecified atom stereocenters. The van der Waals surface area contributed by atoms with E-state index in [2.05, 4.69) is 5.32 Å². The Hall–Kier alpha value is -2.34. The molecule has 2 rings (SSSR count). The summed E-state index contributed by atoms with van der Waals surface area (Å²) in [5.74, 6) is -0.125. The van der Waals surface area contributed by atoms with Crippen LogP contribution in [-0.2, 0) is 0 Å². The lowest BCUT2D eigenvalue weighted by molar-refractivity contribution is -0.384. The molecule has 0 amide bonds. The van der Waals surface area contributed by atoms with Crippen LogP contribution in [0.1, 0.15) is 0 Å². The molecule has 0 aliphatic heterocycles. The van der Waals surface area contributed by atoms with E-state index in [1.54, 1.807) is 12.1 Å². The van der Waals surface area contributed by atoms with Crippen LogP contribution in [0.15, 0.2) is 42.5 Å². The number of ether oxygens (including phenoxy) is 1. The largest absolute Gasteiger partial charge is 0.492 e. The Morgan fingerprint density at radius 1 is 1.29 bits per heavy atom. The highest BCUT2D eigenvalue weighted by molar-refractivity contribution is 6.31. The van der Waals surface area contributed by atoms with E-state index in [1.165, 1.54) is 6.07 Å². The number of nitrogens with zero attached hydrogens (tertiary/aromatic N) is 1. The summed E-state index contributed by atoms with van der Waals surface area (Å²) < 4.78 is 18.7. The van der Waals surface area contributed by atoms with E-state index >= 15 is 0 Å². The molecule has 0 heterocycles. The van der Waals surface area contributed by atoms with Gasteiger partial charge in [-0.3, -0.25) is 10.1 Å². The maximum absolute atomic E-state index is 13.2. The molecule has 2 aromatic rings. The molecule has 0 fully saturated rings. The van der Waals surface area contributed by atoms with Crippen LogP contribution in [0.2, 0.25) is 5.02 Å². The molecule has 0 bridgehead atoms. The molecule has 0 radical (unpaired) electrons. The minimum absolute atomic E-state index is 0.156. The van der Waals surface area contributed by atoms with Crippen LogP contribution in [0.4, 0.5) is 15.8 Å². The number of rotatable bonds is 6. The van der Waals surface area contributed by atoms with Gasteiger partial charge < -0.3 is 10.1 Å². The topological polar surface area (TPSA) is 64.4 Å². The van der Waals surface area contributed by atoms with E-state index in [1.807, 2.05) is 18.2 Å². The Morgan fingerprint density at radius 2 is 2.00 bits per heavy atom. The molecule has 0 aliphatic carbocycles. The molecule has 0 aromatic heterocycles. The van der Waals surface area contributed by atoms with Crippen molar-refractivity contribution in [3.8, 4) is 5.75 Å². The summed E-state index contributed by atoms with van der Waals surface area (Å²) in [6.07, 6.45) is 0. The van der Waals surface area contributed by atoms with E-state index in [0.29, 0.717) is 18.9 Å².